The molecule has 2 aromatic rings. The maximum absolute atomic E-state index is 12.8. The standard InChI is InChI=1S/C18H16Cl2O5/c1-3-9-5-10(6-13(15(9)21)18(24)25-4-2)16(22)12-7-11(19)8-14(20)17(12)23/h5-8,21,23H,3-4H2,1-2H3. The lowest BCUT2D eigenvalue weighted by atomic mass is 9.96. The van der Waals surface area contributed by atoms with E-state index >= 15 is 0 Å². The van der Waals surface area contributed by atoms with Crippen LogP contribution in [0.5, 0.6) is 11.5 Å². The molecule has 2 rings (SSSR count). The highest BCUT2D eigenvalue weighted by Gasteiger charge is 2.22. The van der Waals surface area contributed by atoms with E-state index in [1.165, 1.54) is 24.3 Å². The molecule has 0 fully saturated rings. The van der Waals surface area contributed by atoms with E-state index in [-0.39, 0.29) is 39.1 Å². The highest BCUT2D eigenvalue weighted by Crippen LogP contribution is 2.34. The van der Waals surface area contributed by atoms with Gasteiger partial charge in [-0.05, 0) is 43.2 Å². The molecule has 0 atom stereocenters. The minimum Gasteiger partial charge on any atom is -0.507 e. The average molecular weight is 383 g/mol. The molecule has 5 nitrogen and oxygen atoms in total. The van der Waals surface area contributed by atoms with Gasteiger partial charge in [-0.25, -0.2) is 4.79 Å². The number of aromatic hydroxyl groups is 2. The van der Waals surface area contributed by atoms with Gasteiger partial charge in [0.1, 0.15) is 17.1 Å². The number of ketones is 1. The van der Waals surface area contributed by atoms with E-state index in [4.69, 9.17) is 27.9 Å². The van der Waals surface area contributed by atoms with E-state index in [1.807, 2.05) is 0 Å². The maximum Gasteiger partial charge on any atom is 0.341 e. The number of ether oxygens (including phenoxy) is 1. The summed E-state index contributed by atoms with van der Waals surface area (Å²) in [5.41, 5.74) is 0.296. The Labute approximate surface area is 154 Å². The van der Waals surface area contributed by atoms with Crippen molar-refractivity contribution in [1.82, 2.24) is 0 Å². The van der Waals surface area contributed by atoms with Crippen LogP contribution in [0.1, 0.15) is 45.7 Å². The van der Waals surface area contributed by atoms with Crippen molar-refractivity contribution >= 4 is 35.0 Å². The van der Waals surface area contributed by atoms with Crippen molar-refractivity contribution in [2.75, 3.05) is 6.61 Å². The molecule has 0 radical (unpaired) electrons. The number of hydrogen-bond acceptors (Lipinski definition) is 5. The van der Waals surface area contributed by atoms with E-state index in [0.717, 1.165) is 0 Å². The molecule has 0 aliphatic carbocycles. The van der Waals surface area contributed by atoms with Crippen LogP contribution >= 0.6 is 23.2 Å². The van der Waals surface area contributed by atoms with Gasteiger partial charge in [-0.15, -0.1) is 0 Å². The lowest BCUT2D eigenvalue weighted by molar-refractivity contribution is 0.0523. The molecule has 0 aliphatic rings. The first kappa shape index (κ1) is 19.1. The first-order chi connectivity index (χ1) is 11.8. The molecule has 0 heterocycles. The highest BCUT2D eigenvalue weighted by molar-refractivity contribution is 6.36. The summed E-state index contributed by atoms with van der Waals surface area (Å²) in [6.07, 6.45) is 0.391. The smallest absolute Gasteiger partial charge is 0.341 e. The number of halogens is 2. The third kappa shape index (κ3) is 3.89. The molecule has 0 bridgehead atoms. The van der Waals surface area contributed by atoms with E-state index in [0.29, 0.717) is 12.0 Å². The molecule has 2 aromatic carbocycles. The molecular weight excluding hydrogens is 367 g/mol. The van der Waals surface area contributed by atoms with E-state index in [2.05, 4.69) is 0 Å². The van der Waals surface area contributed by atoms with Crippen LogP contribution in [0, 0.1) is 0 Å². The van der Waals surface area contributed by atoms with E-state index in [9.17, 15) is 19.8 Å². The second-order valence-corrected chi connectivity index (χ2v) is 6.06. The third-order valence-electron chi connectivity index (χ3n) is 3.60. The van der Waals surface area contributed by atoms with Crippen molar-refractivity contribution in [3.63, 3.8) is 0 Å². The van der Waals surface area contributed by atoms with Gasteiger partial charge in [-0.2, -0.15) is 0 Å². The monoisotopic (exact) mass is 382 g/mol. The van der Waals surface area contributed by atoms with Crippen LogP contribution in [-0.4, -0.2) is 28.6 Å². The van der Waals surface area contributed by atoms with Crippen LogP contribution in [0.3, 0.4) is 0 Å². The molecule has 0 saturated carbocycles. The summed E-state index contributed by atoms with van der Waals surface area (Å²) >= 11 is 11.8. The number of carbonyl (C=O) groups excluding carboxylic acids is 2. The van der Waals surface area contributed by atoms with Crippen molar-refractivity contribution in [3.8, 4) is 11.5 Å². The summed E-state index contributed by atoms with van der Waals surface area (Å²) < 4.78 is 4.91. The molecule has 0 amide bonds. The Balaban J connectivity index is 2.61. The van der Waals surface area contributed by atoms with Gasteiger partial charge < -0.3 is 14.9 Å². The fourth-order valence-electron chi connectivity index (χ4n) is 2.35. The number of hydrogen-bond donors (Lipinski definition) is 2. The summed E-state index contributed by atoms with van der Waals surface area (Å²) in [6.45, 7) is 3.53. The van der Waals surface area contributed by atoms with Gasteiger partial charge in [-0.3, -0.25) is 4.79 Å². The summed E-state index contributed by atoms with van der Waals surface area (Å²) in [4.78, 5) is 24.8. The van der Waals surface area contributed by atoms with Crippen LogP contribution in [-0.2, 0) is 11.2 Å². The van der Waals surface area contributed by atoms with Crippen LogP contribution in [0.4, 0.5) is 0 Å². The maximum atomic E-state index is 12.8. The predicted octanol–water partition coefficient (Wildman–Crippen LogP) is 4.37. The topological polar surface area (TPSA) is 83.8 Å². The Kier molecular flexibility index (Phi) is 5.93. The zero-order valence-electron chi connectivity index (χ0n) is 13.6. The minimum atomic E-state index is -0.738. The van der Waals surface area contributed by atoms with Gasteiger partial charge in [0.2, 0.25) is 0 Å². The first-order valence-corrected chi connectivity index (χ1v) is 8.31. The van der Waals surface area contributed by atoms with E-state index in [1.54, 1.807) is 13.8 Å². The number of rotatable bonds is 5. The normalized spacial score (nSPS) is 10.6. The molecule has 0 spiro atoms. The Morgan fingerprint density at radius 2 is 1.68 bits per heavy atom. The zero-order chi connectivity index (χ0) is 18.7. The summed E-state index contributed by atoms with van der Waals surface area (Å²) in [7, 11) is 0. The van der Waals surface area contributed by atoms with Crippen molar-refractivity contribution in [2.24, 2.45) is 0 Å². The molecule has 2 N–H and O–H groups in total. The number of phenolic OH excluding ortho intramolecular Hbond substituents is 2. The van der Waals surface area contributed by atoms with Gasteiger partial charge in [0.25, 0.3) is 0 Å². The largest absolute Gasteiger partial charge is 0.507 e. The lowest BCUT2D eigenvalue weighted by Gasteiger charge is -2.12. The van der Waals surface area contributed by atoms with Crippen LogP contribution in [0.25, 0.3) is 0 Å². The summed E-state index contributed by atoms with van der Waals surface area (Å²) in [5, 5.41) is 20.4. The molecule has 25 heavy (non-hydrogen) atoms. The molecule has 0 aromatic heterocycles. The molecule has 132 valence electrons. The van der Waals surface area contributed by atoms with Crippen LogP contribution in [0.15, 0.2) is 24.3 Å². The summed E-state index contributed by atoms with van der Waals surface area (Å²) in [6, 6.07) is 5.28. The van der Waals surface area contributed by atoms with Gasteiger partial charge in [0.05, 0.1) is 17.2 Å². The number of aryl methyl sites for hydroxylation is 1. The molecule has 0 saturated heterocycles. The van der Waals surface area contributed by atoms with Crippen molar-refractivity contribution < 1.29 is 24.5 Å². The number of esters is 1. The fourth-order valence-corrected chi connectivity index (χ4v) is 2.85. The van der Waals surface area contributed by atoms with Gasteiger partial charge in [0.15, 0.2) is 5.78 Å². The first-order valence-electron chi connectivity index (χ1n) is 7.55. The number of phenols is 2. The van der Waals surface area contributed by atoms with Crippen LogP contribution < -0.4 is 0 Å². The Bertz CT molecular complexity index is 846. The van der Waals surface area contributed by atoms with Gasteiger partial charge in [-0.1, -0.05) is 30.1 Å². The molecule has 0 unspecified atom stereocenters. The van der Waals surface area contributed by atoms with E-state index < -0.39 is 17.5 Å². The molecular formula is C18H16Cl2O5. The SMILES string of the molecule is CCOC(=O)c1cc(C(=O)c2cc(Cl)cc(Cl)c2O)cc(CC)c1O. The Morgan fingerprint density at radius 3 is 2.28 bits per heavy atom. The Morgan fingerprint density at radius 1 is 1.00 bits per heavy atom. The van der Waals surface area contributed by atoms with Crippen molar-refractivity contribution in [1.29, 1.82) is 0 Å². The average Bonchev–Trinajstić information content (AvgIpc) is 2.57. The third-order valence-corrected chi connectivity index (χ3v) is 4.11. The lowest BCUT2D eigenvalue weighted by Crippen LogP contribution is -2.10. The number of carbonyl (C=O) groups is 2. The fraction of sp³-hybridized carbons (Fsp3) is 0.222. The molecule has 0 aliphatic heterocycles. The molecule has 7 heteroatoms. The van der Waals surface area contributed by atoms with Crippen molar-refractivity contribution in [2.45, 2.75) is 20.3 Å². The number of benzene rings is 2. The van der Waals surface area contributed by atoms with Gasteiger partial charge >= 0.3 is 5.97 Å². The highest BCUT2D eigenvalue weighted by atomic mass is 35.5. The summed E-state index contributed by atoms with van der Waals surface area (Å²) in [5.74, 6) is -1.95. The second-order valence-electron chi connectivity index (χ2n) is 5.22. The van der Waals surface area contributed by atoms with Crippen molar-refractivity contribution in [3.05, 3.63) is 56.6 Å². The minimum absolute atomic E-state index is 0.0593. The Hall–Kier alpha value is -2.24. The predicted molar refractivity (Wildman–Crippen MR) is 95.0 cm³/mol. The van der Waals surface area contributed by atoms with Crippen LogP contribution in [0.2, 0.25) is 10.0 Å². The zero-order valence-corrected chi connectivity index (χ0v) is 15.1. The van der Waals surface area contributed by atoms with Gasteiger partial charge in [0, 0.05) is 10.6 Å². The quantitative estimate of drug-likeness (QED) is 0.592. The second kappa shape index (κ2) is 7.76.